The van der Waals surface area contributed by atoms with E-state index in [4.69, 9.17) is 0 Å². The molecule has 2 rings (SSSR count). The van der Waals surface area contributed by atoms with Crippen molar-refractivity contribution in [3.05, 3.63) is 0 Å². The molecule has 0 atom stereocenters. The highest BCUT2D eigenvalue weighted by atomic mass is 16.2. The first-order valence-electron chi connectivity index (χ1n) is 6.46. The van der Waals surface area contributed by atoms with Crippen LogP contribution in [-0.4, -0.2) is 11.8 Å². The quantitative estimate of drug-likeness (QED) is 0.731. The summed E-state index contributed by atoms with van der Waals surface area (Å²) in [4.78, 5) is 22.8. The Labute approximate surface area is 97.0 Å². The molecule has 1 heterocycles. The number of carbonyl (C=O) groups excluding carboxylic acids is 2. The molecule has 1 spiro atoms. The zero-order valence-corrected chi connectivity index (χ0v) is 10.1. The van der Waals surface area contributed by atoms with Crippen molar-refractivity contribution in [2.24, 2.45) is 11.3 Å². The Morgan fingerprint density at radius 3 is 2.25 bits per heavy atom. The Balaban J connectivity index is 1.95. The second-order valence-corrected chi connectivity index (χ2v) is 5.56. The number of rotatable bonds is 2. The summed E-state index contributed by atoms with van der Waals surface area (Å²) in [5.74, 6) is 0.700. The van der Waals surface area contributed by atoms with Crippen molar-refractivity contribution in [3.63, 3.8) is 0 Å². The van der Waals surface area contributed by atoms with Crippen LogP contribution < -0.4 is 5.32 Å². The molecule has 2 aliphatic rings. The highest BCUT2D eigenvalue weighted by molar-refractivity contribution is 5.98. The van der Waals surface area contributed by atoms with E-state index < -0.39 is 0 Å². The van der Waals surface area contributed by atoms with Crippen molar-refractivity contribution < 1.29 is 9.59 Å². The van der Waals surface area contributed by atoms with Crippen molar-refractivity contribution in [3.8, 4) is 0 Å². The lowest BCUT2D eigenvalue weighted by Crippen LogP contribution is -2.46. The van der Waals surface area contributed by atoms with Gasteiger partial charge in [0.2, 0.25) is 11.8 Å². The van der Waals surface area contributed by atoms with E-state index in [1.54, 1.807) is 0 Å². The molecule has 1 aliphatic carbocycles. The summed E-state index contributed by atoms with van der Waals surface area (Å²) in [5.41, 5.74) is 0.0175. The van der Waals surface area contributed by atoms with E-state index in [9.17, 15) is 9.59 Å². The molecular formula is C13H21NO2. The maximum atomic E-state index is 11.4. The van der Waals surface area contributed by atoms with Crippen molar-refractivity contribution in [1.82, 2.24) is 5.32 Å². The van der Waals surface area contributed by atoms with E-state index >= 15 is 0 Å². The van der Waals surface area contributed by atoms with Gasteiger partial charge < -0.3 is 0 Å². The molecule has 0 bridgehead atoms. The fraction of sp³-hybridized carbons (Fsp3) is 0.846. The van der Waals surface area contributed by atoms with Crippen LogP contribution in [0.15, 0.2) is 0 Å². The van der Waals surface area contributed by atoms with Crippen LogP contribution in [-0.2, 0) is 9.59 Å². The molecular weight excluding hydrogens is 202 g/mol. The smallest absolute Gasteiger partial charge is 0.227 e. The highest BCUT2D eigenvalue weighted by Gasteiger charge is 2.41. The van der Waals surface area contributed by atoms with Gasteiger partial charge >= 0.3 is 0 Å². The Kier molecular flexibility index (Phi) is 3.31. The van der Waals surface area contributed by atoms with Crippen LogP contribution in [0.25, 0.3) is 0 Å². The van der Waals surface area contributed by atoms with Gasteiger partial charge in [0, 0.05) is 12.8 Å². The molecule has 0 aromatic carbocycles. The summed E-state index contributed by atoms with van der Waals surface area (Å²) in [6.07, 6.45) is 8.22. The standard InChI is InChI=1S/C13H21NO2/c1-2-3-10-4-6-13(7-5-10)8-11(15)14-12(16)9-13/h10H,2-9H2,1H3,(H,14,15,16). The lowest BCUT2D eigenvalue weighted by molar-refractivity contribution is -0.139. The maximum absolute atomic E-state index is 11.4. The van der Waals surface area contributed by atoms with Gasteiger partial charge in [-0.25, -0.2) is 0 Å². The zero-order valence-electron chi connectivity index (χ0n) is 10.1. The molecule has 0 unspecified atom stereocenters. The first kappa shape index (κ1) is 11.6. The first-order valence-corrected chi connectivity index (χ1v) is 6.46. The van der Waals surface area contributed by atoms with Crippen LogP contribution in [0.5, 0.6) is 0 Å². The van der Waals surface area contributed by atoms with Crippen LogP contribution in [0.2, 0.25) is 0 Å². The normalized spacial score (nSPS) is 25.8. The summed E-state index contributed by atoms with van der Waals surface area (Å²) in [6.45, 7) is 2.22. The number of amides is 2. The molecule has 1 aliphatic heterocycles. The molecule has 2 amide bonds. The zero-order chi connectivity index (χ0) is 11.6. The van der Waals surface area contributed by atoms with E-state index in [-0.39, 0.29) is 17.2 Å². The van der Waals surface area contributed by atoms with Crippen LogP contribution in [0.3, 0.4) is 0 Å². The number of carbonyl (C=O) groups is 2. The summed E-state index contributed by atoms with van der Waals surface area (Å²) in [5, 5.41) is 2.41. The lowest BCUT2D eigenvalue weighted by atomic mass is 9.65. The lowest BCUT2D eigenvalue weighted by Gasteiger charge is -2.41. The van der Waals surface area contributed by atoms with Crippen LogP contribution in [0, 0.1) is 11.3 Å². The number of hydrogen-bond donors (Lipinski definition) is 1. The molecule has 0 aromatic rings. The average molecular weight is 223 g/mol. The van der Waals surface area contributed by atoms with Gasteiger partial charge in [0.05, 0.1) is 0 Å². The average Bonchev–Trinajstić information content (AvgIpc) is 2.20. The summed E-state index contributed by atoms with van der Waals surface area (Å²) in [7, 11) is 0. The first-order chi connectivity index (χ1) is 7.63. The van der Waals surface area contributed by atoms with Crippen molar-refractivity contribution >= 4 is 11.8 Å². The molecule has 0 aromatic heterocycles. The monoisotopic (exact) mass is 223 g/mol. The van der Waals surface area contributed by atoms with Gasteiger partial charge in [0.1, 0.15) is 0 Å². The predicted octanol–water partition coefficient (Wildman–Crippen LogP) is 2.40. The molecule has 1 N–H and O–H groups in total. The Hall–Kier alpha value is -0.860. The minimum absolute atomic E-state index is 0.0175. The number of imide groups is 1. The van der Waals surface area contributed by atoms with Gasteiger partial charge in [-0.05, 0) is 37.0 Å². The summed E-state index contributed by atoms with van der Waals surface area (Å²) >= 11 is 0. The second-order valence-electron chi connectivity index (χ2n) is 5.56. The van der Waals surface area contributed by atoms with E-state index in [1.807, 2.05) is 0 Å². The van der Waals surface area contributed by atoms with E-state index in [0.717, 1.165) is 18.8 Å². The van der Waals surface area contributed by atoms with Gasteiger partial charge in [0.25, 0.3) is 0 Å². The van der Waals surface area contributed by atoms with Crippen molar-refractivity contribution in [1.29, 1.82) is 0 Å². The molecule has 16 heavy (non-hydrogen) atoms. The largest absolute Gasteiger partial charge is 0.296 e. The fourth-order valence-corrected chi connectivity index (χ4v) is 3.33. The predicted molar refractivity (Wildman–Crippen MR) is 61.7 cm³/mol. The van der Waals surface area contributed by atoms with Gasteiger partial charge in [-0.3, -0.25) is 14.9 Å². The number of piperidine rings is 1. The third-order valence-electron chi connectivity index (χ3n) is 4.21. The SMILES string of the molecule is CCCC1CCC2(CC1)CC(=O)NC(=O)C2. The topological polar surface area (TPSA) is 46.2 Å². The number of hydrogen-bond acceptors (Lipinski definition) is 2. The second kappa shape index (κ2) is 4.56. The van der Waals surface area contributed by atoms with Gasteiger partial charge in [-0.1, -0.05) is 19.8 Å². The van der Waals surface area contributed by atoms with Gasteiger partial charge in [-0.2, -0.15) is 0 Å². The minimum Gasteiger partial charge on any atom is -0.296 e. The number of nitrogens with one attached hydrogen (secondary N) is 1. The van der Waals surface area contributed by atoms with E-state index in [2.05, 4.69) is 12.2 Å². The Morgan fingerprint density at radius 2 is 1.75 bits per heavy atom. The molecule has 0 radical (unpaired) electrons. The molecule has 2 fully saturated rings. The molecule has 3 nitrogen and oxygen atoms in total. The molecule has 90 valence electrons. The molecule has 3 heteroatoms. The molecule has 1 saturated carbocycles. The van der Waals surface area contributed by atoms with Crippen LogP contribution in [0.4, 0.5) is 0 Å². The van der Waals surface area contributed by atoms with Crippen LogP contribution >= 0.6 is 0 Å². The Morgan fingerprint density at radius 1 is 1.19 bits per heavy atom. The van der Waals surface area contributed by atoms with E-state index in [1.165, 1.54) is 25.7 Å². The Bertz CT molecular complexity index is 272. The summed E-state index contributed by atoms with van der Waals surface area (Å²) < 4.78 is 0. The van der Waals surface area contributed by atoms with Gasteiger partial charge in [-0.15, -0.1) is 0 Å². The maximum Gasteiger partial charge on any atom is 0.227 e. The van der Waals surface area contributed by atoms with Crippen molar-refractivity contribution in [2.75, 3.05) is 0 Å². The summed E-state index contributed by atoms with van der Waals surface area (Å²) in [6, 6.07) is 0. The highest BCUT2D eigenvalue weighted by Crippen LogP contribution is 2.46. The van der Waals surface area contributed by atoms with E-state index in [0.29, 0.717) is 12.8 Å². The third kappa shape index (κ3) is 2.45. The minimum atomic E-state index is -0.0646. The van der Waals surface area contributed by atoms with Crippen molar-refractivity contribution in [2.45, 2.75) is 58.3 Å². The fourth-order valence-electron chi connectivity index (χ4n) is 3.33. The van der Waals surface area contributed by atoms with Gasteiger partial charge in [0.15, 0.2) is 0 Å². The third-order valence-corrected chi connectivity index (χ3v) is 4.21. The van der Waals surface area contributed by atoms with Crippen LogP contribution in [0.1, 0.15) is 58.3 Å². The molecule has 1 saturated heterocycles.